The lowest BCUT2D eigenvalue weighted by molar-refractivity contribution is -0.870. The third kappa shape index (κ3) is 55.5. The van der Waals surface area contributed by atoms with Gasteiger partial charge in [0.25, 0.3) is 6.29 Å². The first-order valence-electron chi connectivity index (χ1n) is 31.0. The number of allylic oxidation sites excluding steroid dienone is 4. The Balaban J connectivity index is 4.17. The van der Waals surface area contributed by atoms with E-state index in [1.807, 2.05) is 21.1 Å². The molecule has 0 aromatic carbocycles. The number of likely N-dealkylation sites (N-methyl/N-ethyl adjacent to an activating group) is 1. The highest BCUT2D eigenvalue weighted by atomic mass is 16.7. The van der Waals surface area contributed by atoms with Crippen LogP contribution in [0.2, 0.25) is 0 Å². The van der Waals surface area contributed by atoms with Gasteiger partial charge in [0.05, 0.1) is 34.4 Å². The number of carboxylic acids is 1. The fourth-order valence-electron chi connectivity index (χ4n) is 9.16. The Bertz CT molecular complexity index is 1230. The molecule has 424 valence electrons. The molecule has 72 heavy (non-hydrogen) atoms. The smallest absolute Gasteiger partial charge is 0.361 e. The number of hydrogen-bond donors (Lipinski definition) is 1. The molecule has 0 saturated carbocycles. The summed E-state index contributed by atoms with van der Waals surface area (Å²) in [6, 6.07) is 0. The summed E-state index contributed by atoms with van der Waals surface area (Å²) < 4.78 is 22.9. The van der Waals surface area contributed by atoms with Crippen LogP contribution in [0.3, 0.4) is 0 Å². The lowest BCUT2D eigenvalue weighted by Gasteiger charge is -2.25. The van der Waals surface area contributed by atoms with Gasteiger partial charge in [-0.25, -0.2) is 4.79 Å². The van der Waals surface area contributed by atoms with Gasteiger partial charge in [-0.3, -0.25) is 9.59 Å². The summed E-state index contributed by atoms with van der Waals surface area (Å²) in [5.74, 6) is -1.98. The number of carbonyl (C=O) groups excluding carboxylic acids is 2. The average Bonchev–Trinajstić information content (AvgIpc) is 3.35. The van der Waals surface area contributed by atoms with Crippen LogP contribution in [0.5, 0.6) is 0 Å². The largest absolute Gasteiger partial charge is 0.477 e. The number of rotatable bonds is 58. The lowest BCUT2D eigenvalue weighted by atomic mass is 10.0. The van der Waals surface area contributed by atoms with E-state index in [4.69, 9.17) is 18.9 Å². The Hall–Kier alpha value is -2.23. The zero-order valence-corrected chi connectivity index (χ0v) is 48.4. The summed E-state index contributed by atoms with van der Waals surface area (Å²) >= 11 is 0. The van der Waals surface area contributed by atoms with Gasteiger partial charge < -0.3 is 28.5 Å². The van der Waals surface area contributed by atoms with Crippen LogP contribution in [-0.2, 0) is 33.3 Å². The number of quaternary nitrogens is 1. The van der Waals surface area contributed by atoms with Crippen LogP contribution in [0.15, 0.2) is 24.3 Å². The van der Waals surface area contributed by atoms with Crippen molar-refractivity contribution in [3.63, 3.8) is 0 Å². The Morgan fingerprint density at radius 3 is 1.10 bits per heavy atom. The van der Waals surface area contributed by atoms with Crippen LogP contribution < -0.4 is 0 Å². The van der Waals surface area contributed by atoms with E-state index in [9.17, 15) is 19.5 Å². The van der Waals surface area contributed by atoms with E-state index in [1.165, 1.54) is 231 Å². The van der Waals surface area contributed by atoms with Gasteiger partial charge in [-0.1, -0.05) is 269 Å². The Morgan fingerprint density at radius 2 is 0.750 bits per heavy atom. The van der Waals surface area contributed by atoms with Crippen molar-refractivity contribution in [2.75, 3.05) is 47.5 Å². The van der Waals surface area contributed by atoms with E-state index in [0.29, 0.717) is 17.4 Å². The highest BCUT2D eigenvalue weighted by Crippen LogP contribution is 2.18. The van der Waals surface area contributed by atoms with Crippen molar-refractivity contribution in [1.82, 2.24) is 0 Å². The number of hydrogen-bond acceptors (Lipinski definition) is 7. The minimum absolute atomic E-state index is 0.177. The van der Waals surface area contributed by atoms with Gasteiger partial charge in [0.1, 0.15) is 13.2 Å². The molecule has 1 N–H and O–H groups in total. The standard InChI is InChI=1S/C63H119NO8/c1-6-8-10-12-14-16-18-20-22-24-26-28-30-32-33-35-37-39-41-43-45-47-49-51-53-60(65)70-57-59(58-71-63(62(67)68)69-56-55-64(3,4)5)72-61(66)54-52-50-48-46-44-42-40-38-36-34-31-29-27-25-23-21-19-17-15-13-11-9-7-2/h19,21,25,27,59,63H,6-18,20,22-24,26,28-58H2,1-5H3/p+1/b21-19-,27-25-. The molecule has 9 nitrogen and oxygen atoms in total. The second-order valence-corrected chi connectivity index (χ2v) is 22.4. The molecule has 0 aliphatic carbocycles. The molecule has 0 heterocycles. The first kappa shape index (κ1) is 69.8. The third-order valence-electron chi connectivity index (χ3n) is 14.0. The molecule has 0 bridgehead atoms. The van der Waals surface area contributed by atoms with Crippen molar-refractivity contribution in [3.8, 4) is 0 Å². The predicted octanol–water partition coefficient (Wildman–Crippen LogP) is 18.3. The monoisotopic (exact) mass is 1020 g/mol. The summed E-state index contributed by atoms with van der Waals surface area (Å²) in [6.45, 7) is 4.92. The second kappa shape index (κ2) is 55.0. The maximum absolute atomic E-state index is 12.9. The van der Waals surface area contributed by atoms with Crippen LogP contribution in [0.25, 0.3) is 0 Å². The molecule has 0 aromatic heterocycles. The zero-order chi connectivity index (χ0) is 52.7. The normalized spacial score (nSPS) is 12.8. The van der Waals surface area contributed by atoms with E-state index in [0.717, 1.165) is 44.9 Å². The van der Waals surface area contributed by atoms with Crippen LogP contribution in [-0.4, -0.2) is 87.4 Å². The Kier molecular flexibility index (Phi) is 53.3. The van der Waals surface area contributed by atoms with Gasteiger partial charge in [0.15, 0.2) is 6.10 Å². The van der Waals surface area contributed by atoms with E-state index in [1.54, 1.807) is 0 Å². The van der Waals surface area contributed by atoms with Crippen molar-refractivity contribution in [2.45, 2.75) is 315 Å². The summed E-state index contributed by atoms with van der Waals surface area (Å²) in [5, 5.41) is 9.71. The van der Waals surface area contributed by atoms with E-state index in [-0.39, 0.29) is 32.2 Å². The van der Waals surface area contributed by atoms with Gasteiger partial charge in [-0.15, -0.1) is 0 Å². The number of carbonyl (C=O) groups is 3. The topological polar surface area (TPSA) is 108 Å². The first-order valence-corrected chi connectivity index (χ1v) is 31.0. The fraction of sp³-hybridized carbons (Fsp3) is 0.889. The molecule has 0 saturated heterocycles. The number of ether oxygens (including phenoxy) is 4. The number of esters is 2. The van der Waals surface area contributed by atoms with Crippen molar-refractivity contribution >= 4 is 17.9 Å². The minimum Gasteiger partial charge on any atom is -0.477 e. The maximum Gasteiger partial charge on any atom is 0.361 e. The lowest BCUT2D eigenvalue weighted by Crippen LogP contribution is -2.40. The molecule has 0 spiro atoms. The molecule has 0 rings (SSSR count). The predicted molar refractivity (Wildman–Crippen MR) is 304 cm³/mol. The first-order chi connectivity index (χ1) is 35.1. The van der Waals surface area contributed by atoms with Crippen molar-refractivity contribution in [3.05, 3.63) is 24.3 Å². The van der Waals surface area contributed by atoms with Crippen molar-refractivity contribution < 1.29 is 42.9 Å². The molecular formula is C63H120NO8+. The molecular weight excluding hydrogens is 899 g/mol. The minimum atomic E-state index is -1.51. The highest BCUT2D eigenvalue weighted by Gasteiger charge is 2.25. The second-order valence-electron chi connectivity index (χ2n) is 22.4. The number of carboxylic acid groups (broad SMARTS) is 1. The Morgan fingerprint density at radius 1 is 0.417 bits per heavy atom. The van der Waals surface area contributed by atoms with Gasteiger partial charge >= 0.3 is 17.9 Å². The quantitative estimate of drug-likeness (QED) is 0.0211. The van der Waals surface area contributed by atoms with Crippen molar-refractivity contribution in [2.24, 2.45) is 0 Å². The number of unbranched alkanes of at least 4 members (excludes halogenated alkanes) is 39. The van der Waals surface area contributed by atoms with Gasteiger partial charge in [0, 0.05) is 12.8 Å². The molecule has 0 fully saturated rings. The van der Waals surface area contributed by atoms with E-state index in [2.05, 4.69) is 38.2 Å². The molecule has 0 aromatic rings. The van der Waals surface area contributed by atoms with E-state index < -0.39 is 24.3 Å². The molecule has 0 aliphatic heterocycles. The van der Waals surface area contributed by atoms with Crippen LogP contribution in [0.4, 0.5) is 0 Å². The van der Waals surface area contributed by atoms with Crippen LogP contribution in [0, 0.1) is 0 Å². The summed E-state index contributed by atoms with van der Waals surface area (Å²) in [6.07, 6.45) is 62.6. The SMILES string of the molecule is CCCCCCC/C=C\C/C=C\CCCCCCCCCCCCCC(=O)OC(COC(=O)CCCCCCCCCCCCCCCCCCCCCCCCCC)COC(OCC[N+](C)(C)C)C(=O)O. The summed E-state index contributed by atoms with van der Waals surface area (Å²) in [7, 11) is 5.98. The average molecular weight is 1020 g/mol. The third-order valence-corrected chi connectivity index (χ3v) is 14.0. The fourth-order valence-corrected chi connectivity index (χ4v) is 9.16. The van der Waals surface area contributed by atoms with Crippen LogP contribution in [0.1, 0.15) is 303 Å². The highest BCUT2D eigenvalue weighted by molar-refractivity contribution is 5.71. The molecule has 2 atom stereocenters. The molecule has 9 heteroatoms. The van der Waals surface area contributed by atoms with Crippen molar-refractivity contribution in [1.29, 1.82) is 0 Å². The number of nitrogens with zero attached hydrogens (tertiary/aromatic N) is 1. The van der Waals surface area contributed by atoms with Crippen LogP contribution >= 0.6 is 0 Å². The van der Waals surface area contributed by atoms with Gasteiger partial charge in [-0.2, -0.15) is 0 Å². The summed E-state index contributed by atoms with van der Waals surface area (Å²) in [4.78, 5) is 37.5. The van der Waals surface area contributed by atoms with Gasteiger partial charge in [0.2, 0.25) is 0 Å². The molecule has 0 aliphatic rings. The molecule has 0 radical (unpaired) electrons. The maximum atomic E-state index is 12.9. The zero-order valence-electron chi connectivity index (χ0n) is 48.4. The van der Waals surface area contributed by atoms with Gasteiger partial charge in [-0.05, 0) is 44.9 Å². The molecule has 0 amide bonds. The molecule has 2 unspecified atom stereocenters. The Labute approximate surface area is 446 Å². The number of aliphatic carboxylic acids is 1. The summed E-state index contributed by atoms with van der Waals surface area (Å²) in [5.41, 5.74) is 0. The van der Waals surface area contributed by atoms with E-state index >= 15 is 0 Å².